The standard InChI is InChI=1S/C15H23N3/c1-4-5-8-12(16)15-17-13-9-6-7-10-14(13)18(15)11(2)3/h6-7,9-12H,4-5,8,16H2,1-3H3. The Morgan fingerprint density at radius 2 is 2.00 bits per heavy atom. The second kappa shape index (κ2) is 5.53. The minimum atomic E-state index is 0.0414. The zero-order valence-corrected chi connectivity index (χ0v) is 11.6. The summed E-state index contributed by atoms with van der Waals surface area (Å²) in [4.78, 5) is 4.72. The summed E-state index contributed by atoms with van der Waals surface area (Å²) >= 11 is 0. The van der Waals surface area contributed by atoms with E-state index >= 15 is 0 Å². The Balaban J connectivity index is 2.45. The third kappa shape index (κ3) is 2.41. The molecule has 0 aliphatic carbocycles. The van der Waals surface area contributed by atoms with Gasteiger partial charge in [-0.1, -0.05) is 31.9 Å². The molecule has 0 bridgehead atoms. The van der Waals surface area contributed by atoms with Gasteiger partial charge in [0, 0.05) is 6.04 Å². The molecule has 0 spiro atoms. The van der Waals surface area contributed by atoms with Gasteiger partial charge in [0.1, 0.15) is 5.82 Å². The summed E-state index contributed by atoms with van der Waals surface area (Å²) in [5, 5.41) is 0. The molecule has 0 aliphatic heterocycles. The van der Waals surface area contributed by atoms with E-state index in [1.54, 1.807) is 0 Å². The van der Waals surface area contributed by atoms with Crippen LogP contribution in [0.5, 0.6) is 0 Å². The lowest BCUT2D eigenvalue weighted by Gasteiger charge is -2.17. The van der Waals surface area contributed by atoms with E-state index < -0.39 is 0 Å². The van der Waals surface area contributed by atoms with Crippen molar-refractivity contribution in [1.82, 2.24) is 9.55 Å². The van der Waals surface area contributed by atoms with Crippen LogP contribution in [0, 0.1) is 0 Å². The average molecular weight is 245 g/mol. The van der Waals surface area contributed by atoms with Crippen LogP contribution in [0.25, 0.3) is 11.0 Å². The number of nitrogens with two attached hydrogens (primary N) is 1. The maximum Gasteiger partial charge on any atom is 0.127 e. The fraction of sp³-hybridized carbons (Fsp3) is 0.533. The van der Waals surface area contributed by atoms with Gasteiger partial charge in [0.15, 0.2) is 0 Å². The SMILES string of the molecule is CCCCC(N)c1nc2ccccc2n1C(C)C. The predicted octanol–water partition coefficient (Wildman–Crippen LogP) is 3.81. The number of para-hydroxylation sites is 2. The summed E-state index contributed by atoms with van der Waals surface area (Å²) in [6.07, 6.45) is 3.34. The summed E-state index contributed by atoms with van der Waals surface area (Å²) < 4.78 is 2.27. The highest BCUT2D eigenvalue weighted by molar-refractivity contribution is 5.76. The molecule has 0 saturated heterocycles. The molecule has 1 aromatic carbocycles. The maximum atomic E-state index is 6.30. The topological polar surface area (TPSA) is 43.8 Å². The molecule has 3 nitrogen and oxygen atoms in total. The largest absolute Gasteiger partial charge is 0.324 e. The second-order valence-corrected chi connectivity index (χ2v) is 5.17. The molecular weight excluding hydrogens is 222 g/mol. The van der Waals surface area contributed by atoms with Gasteiger partial charge in [-0.05, 0) is 32.4 Å². The molecule has 0 aliphatic rings. The van der Waals surface area contributed by atoms with Crippen LogP contribution in [0.1, 0.15) is 57.9 Å². The Kier molecular flexibility index (Phi) is 4.02. The molecule has 0 fully saturated rings. The van der Waals surface area contributed by atoms with E-state index in [1.165, 1.54) is 11.9 Å². The minimum absolute atomic E-state index is 0.0414. The van der Waals surface area contributed by atoms with Crippen molar-refractivity contribution in [3.8, 4) is 0 Å². The van der Waals surface area contributed by atoms with Crippen LogP contribution >= 0.6 is 0 Å². The highest BCUT2D eigenvalue weighted by Crippen LogP contribution is 2.26. The van der Waals surface area contributed by atoms with Gasteiger partial charge in [-0.3, -0.25) is 0 Å². The molecule has 1 aromatic heterocycles. The van der Waals surface area contributed by atoms with Gasteiger partial charge in [-0.2, -0.15) is 0 Å². The van der Waals surface area contributed by atoms with E-state index in [4.69, 9.17) is 10.7 Å². The molecule has 0 radical (unpaired) electrons. The van der Waals surface area contributed by atoms with Gasteiger partial charge in [-0.25, -0.2) is 4.98 Å². The number of hydrogen-bond donors (Lipinski definition) is 1. The molecule has 0 amide bonds. The van der Waals surface area contributed by atoms with Crippen LogP contribution in [0.4, 0.5) is 0 Å². The zero-order valence-electron chi connectivity index (χ0n) is 11.6. The molecule has 3 heteroatoms. The van der Waals surface area contributed by atoms with Gasteiger partial charge in [0.25, 0.3) is 0 Å². The summed E-state index contributed by atoms with van der Waals surface area (Å²) in [5.74, 6) is 1.03. The highest BCUT2D eigenvalue weighted by atomic mass is 15.1. The van der Waals surface area contributed by atoms with E-state index in [-0.39, 0.29) is 6.04 Å². The average Bonchev–Trinajstić information content (AvgIpc) is 2.75. The molecule has 1 unspecified atom stereocenters. The van der Waals surface area contributed by atoms with E-state index in [9.17, 15) is 0 Å². The lowest BCUT2D eigenvalue weighted by atomic mass is 10.1. The Hall–Kier alpha value is -1.35. The van der Waals surface area contributed by atoms with Gasteiger partial charge < -0.3 is 10.3 Å². The second-order valence-electron chi connectivity index (χ2n) is 5.17. The maximum absolute atomic E-state index is 6.30. The van der Waals surface area contributed by atoms with E-state index in [1.807, 2.05) is 6.07 Å². The number of unbranched alkanes of at least 4 members (excludes halogenated alkanes) is 1. The zero-order chi connectivity index (χ0) is 13.1. The third-order valence-corrected chi connectivity index (χ3v) is 3.34. The fourth-order valence-electron chi connectivity index (χ4n) is 2.42. The van der Waals surface area contributed by atoms with Crippen molar-refractivity contribution in [3.05, 3.63) is 30.1 Å². The molecule has 2 aromatic rings. The van der Waals surface area contributed by atoms with Gasteiger partial charge in [0.2, 0.25) is 0 Å². The van der Waals surface area contributed by atoms with E-state index in [2.05, 4.69) is 43.5 Å². The summed E-state index contributed by atoms with van der Waals surface area (Å²) in [5.41, 5.74) is 8.54. The first-order valence-electron chi connectivity index (χ1n) is 6.87. The van der Waals surface area contributed by atoms with Crippen molar-refractivity contribution in [3.63, 3.8) is 0 Å². The molecule has 2 N–H and O–H groups in total. The number of aromatic nitrogens is 2. The molecule has 0 saturated carbocycles. The van der Waals surface area contributed by atoms with Crippen molar-refractivity contribution < 1.29 is 0 Å². The van der Waals surface area contributed by atoms with Crippen LogP contribution in [0.15, 0.2) is 24.3 Å². The monoisotopic (exact) mass is 245 g/mol. The van der Waals surface area contributed by atoms with Crippen molar-refractivity contribution >= 4 is 11.0 Å². The van der Waals surface area contributed by atoms with Gasteiger partial charge >= 0.3 is 0 Å². The van der Waals surface area contributed by atoms with Crippen molar-refractivity contribution in [2.45, 2.75) is 52.1 Å². The number of benzene rings is 1. The van der Waals surface area contributed by atoms with Gasteiger partial charge in [-0.15, -0.1) is 0 Å². The molecular formula is C15H23N3. The number of imidazole rings is 1. The highest BCUT2D eigenvalue weighted by Gasteiger charge is 2.17. The summed E-state index contributed by atoms with van der Waals surface area (Å²) in [6.45, 7) is 6.56. The summed E-state index contributed by atoms with van der Waals surface area (Å²) in [6, 6.07) is 8.70. The molecule has 1 atom stereocenters. The number of hydrogen-bond acceptors (Lipinski definition) is 2. The third-order valence-electron chi connectivity index (χ3n) is 3.34. The first kappa shape index (κ1) is 13.1. The van der Waals surface area contributed by atoms with Crippen molar-refractivity contribution in [2.24, 2.45) is 5.73 Å². The number of nitrogens with zero attached hydrogens (tertiary/aromatic N) is 2. The Labute approximate surface area is 109 Å². The van der Waals surface area contributed by atoms with Crippen LogP contribution in [-0.2, 0) is 0 Å². The summed E-state index contributed by atoms with van der Waals surface area (Å²) in [7, 11) is 0. The molecule has 98 valence electrons. The van der Waals surface area contributed by atoms with Crippen molar-refractivity contribution in [1.29, 1.82) is 0 Å². The van der Waals surface area contributed by atoms with E-state index in [0.29, 0.717) is 6.04 Å². The Morgan fingerprint density at radius 3 is 2.67 bits per heavy atom. The van der Waals surface area contributed by atoms with Crippen LogP contribution in [0.3, 0.4) is 0 Å². The van der Waals surface area contributed by atoms with Gasteiger partial charge in [0.05, 0.1) is 17.1 Å². The quantitative estimate of drug-likeness (QED) is 0.870. The fourth-order valence-corrected chi connectivity index (χ4v) is 2.42. The first-order valence-corrected chi connectivity index (χ1v) is 6.87. The molecule has 18 heavy (non-hydrogen) atoms. The minimum Gasteiger partial charge on any atom is -0.324 e. The van der Waals surface area contributed by atoms with Crippen LogP contribution in [-0.4, -0.2) is 9.55 Å². The molecule has 2 rings (SSSR count). The molecule has 1 heterocycles. The Bertz CT molecular complexity index is 513. The van der Waals surface area contributed by atoms with Crippen LogP contribution in [0.2, 0.25) is 0 Å². The normalized spacial score (nSPS) is 13.4. The lowest BCUT2D eigenvalue weighted by molar-refractivity contribution is 0.510. The lowest BCUT2D eigenvalue weighted by Crippen LogP contribution is -2.17. The smallest absolute Gasteiger partial charge is 0.127 e. The first-order chi connectivity index (χ1) is 8.65. The van der Waals surface area contributed by atoms with E-state index in [0.717, 1.165) is 24.2 Å². The predicted molar refractivity (Wildman–Crippen MR) is 76.6 cm³/mol. The van der Waals surface area contributed by atoms with Crippen LogP contribution < -0.4 is 5.73 Å². The number of rotatable bonds is 5. The Morgan fingerprint density at radius 1 is 1.28 bits per heavy atom. The number of fused-ring (bicyclic) bond motifs is 1. The van der Waals surface area contributed by atoms with Crippen molar-refractivity contribution in [2.75, 3.05) is 0 Å².